The fourth-order valence-electron chi connectivity index (χ4n) is 7.61. The highest BCUT2D eigenvalue weighted by Crippen LogP contribution is 2.60. The van der Waals surface area contributed by atoms with E-state index in [2.05, 4.69) is 0 Å². The molecule has 0 spiro atoms. The molecule has 4 fully saturated rings. The first-order chi connectivity index (χ1) is 16.9. The maximum Gasteiger partial charge on any atom is 0.261 e. The van der Waals surface area contributed by atoms with Crippen LogP contribution in [0.4, 0.5) is 5.69 Å². The summed E-state index contributed by atoms with van der Waals surface area (Å²) in [6.07, 6.45) is 8.35. The molecule has 7 rings (SSSR count). The molecule has 4 saturated carbocycles. The maximum atomic E-state index is 14.2. The molecule has 5 nitrogen and oxygen atoms in total. The van der Waals surface area contributed by atoms with Gasteiger partial charge in [-0.1, -0.05) is 23.7 Å². The summed E-state index contributed by atoms with van der Waals surface area (Å²) in [5, 5.41) is 0.654. The lowest BCUT2D eigenvalue weighted by atomic mass is 9.49. The first-order valence-electron chi connectivity index (χ1n) is 13.0. The number of fused-ring (bicyclic) bond motifs is 1. The fourth-order valence-corrected chi connectivity index (χ4v) is 7.74. The molecule has 35 heavy (non-hydrogen) atoms. The van der Waals surface area contributed by atoms with Crippen LogP contribution in [0.3, 0.4) is 0 Å². The number of unbranched alkanes of at least 4 members (excludes halogenated alkanes) is 1. The van der Waals surface area contributed by atoms with Crippen molar-refractivity contribution in [2.75, 3.05) is 18.0 Å². The highest BCUT2D eigenvalue weighted by Gasteiger charge is 2.55. The lowest BCUT2D eigenvalue weighted by Gasteiger charge is -2.56. The molecule has 0 radical (unpaired) electrons. The van der Waals surface area contributed by atoms with Gasteiger partial charge in [-0.05, 0) is 106 Å². The minimum atomic E-state index is -0.225. The molecule has 4 bridgehead atoms. The smallest absolute Gasteiger partial charge is 0.261 e. The number of benzene rings is 2. The molecule has 0 unspecified atom stereocenters. The topological polar surface area (TPSA) is 57.7 Å². The number of imide groups is 1. The van der Waals surface area contributed by atoms with Crippen LogP contribution < -0.4 is 4.90 Å². The van der Waals surface area contributed by atoms with Crippen molar-refractivity contribution in [3.05, 3.63) is 64.7 Å². The van der Waals surface area contributed by atoms with E-state index in [9.17, 15) is 14.4 Å². The summed E-state index contributed by atoms with van der Waals surface area (Å²) in [4.78, 5) is 42.8. The van der Waals surface area contributed by atoms with Gasteiger partial charge >= 0.3 is 0 Å². The molecule has 0 atom stereocenters. The first kappa shape index (κ1) is 22.8. The molecule has 0 N–H and O–H groups in total. The molecular formula is C29H31ClN2O3. The van der Waals surface area contributed by atoms with Crippen molar-refractivity contribution in [3.8, 4) is 0 Å². The third-order valence-corrected chi connectivity index (χ3v) is 9.02. The number of hydrogen-bond donors (Lipinski definition) is 0. The number of hydrogen-bond acceptors (Lipinski definition) is 3. The Morgan fingerprint density at radius 3 is 1.94 bits per heavy atom. The molecule has 182 valence electrons. The van der Waals surface area contributed by atoms with Gasteiger partial charge in [0.15, 0.2) is 0 Å². The van der Waals surface area contributed by atoms with Gasteiger partial charge in [0, 0.05) is 23.8 Å². The monoisotopic (exact) mass is 490 g/mol. The average Bonchev–Trinajstić information content (AvgIpc) is 3.08. The molecule has 4 aliphatic carbocycles. The molecule has 0 saturated heterocycles. The Morgan fingerprint density at radius 2 is 1.40 bits per heavy atom. The van der Waals surface area contributed by atoms with E-state index in [0.29, 0.717) is 59.8 Å². The summed E-state index contributed by atoms with van der Waals surface area (Å²) in [6, 6.07) is 14.5. The predicted octanol–water partition coefficient (Wildman–Crippen LogP) is 5.97. The zero-order valence-corrected chi connectivity index (χ0v) is 20.7. The van der Waals surface area contributed by atoms with Crippen LogP contribution in [0.5, 0.6) is 0 Å². The highest BCUT2D eigenvalue weighted by molar-refractivity contribution is 6.30. The van der Waals surface area contributed by atoms with Crippen molar-refractivity contribution in [3.63, 3.8) is 0 Å². The van der Waals surface area contributed by atoms with Gasteiger partial charge in [-0.15, -0.1) is 0 Å². The largest absolute Gasteiger partial charge is 0.312 e. The Bertz CT molecular complexity index is 1100. The van der Waals surface area contributed by atoms with Crippen molar-refractivity contribution in [1.82, 2.24) is 4.90 Å². The van der Waals surface area contributed by atoms with Crippen LogP contribution in [0, 0.1) is 23.2 Å². The summed E-state index contributed by atoms with van der Waals surface area (Å²) < 4.78 is 0. The van der Waals surface area contributed by atoms with Crippen LogP contribution in [-0.2, 0) is 4.79 Å². The summed E-state index contributed by atoms with van der Waals surface area (Å²) in [5.74, 6) is 1.93. The van der Waals surface area contributed by atoms with Gasteiger partial charge in [0.05, 0.1) is 16.5 Å². The lowest BCUT2D eigenvalue weighted by Crippen LogP contribution is -2.55. The highest BCUT2D eigenvalue weighted by atomic mass is 35.5. The minimum Gasteiger partial charge on any atom is -0.312 e. The third-order valence-electron chi connectivity index (χ3n) is 8.77. The number of carbonyl (C=O) groups is 3. The van der Waals surface area contributed by atoms with Gasteiger partial charge in [0.2, 0.25) is 5.91 Å². The minimum absolute atomic E-state index is 0.218. The van der Waals surface area contributed by atoms with E-state index in [0.717, 1.165) is 24.9 Å². The molecule has 1 heterocycles. The van der Waals surface area contributed by atoms with Gasteiger partial charge in [-0.3, -0.25) is 19.3 Å². The van der Waals surface area contributed by atoms with Crippen molar-refractivity contribution < 1.29 is 14.4 Å². The lowest BCUT2D eigenvalue weighted by molar-refractivity contribution is -0.143. The zero-order valence-electron chi connectivity index (χ0n) is 19.9. The van der Waals surface area contributed by atoms with Crippen LogP contribution >= 0.6 is 11.6 Å². The van der Waals surface area contributed by atoms with E-state index in [4.69, 9.17) is 11.6 Å². The summed E-state index contributed by atoms with van der Waals surface area (Å²) in [6.45, 7) is 0.942. The second-order valence-electron chi connectivity index (χ2n) is 11.1. The van der Waals surface area contributed by atoms with E-state index in [1.54, 1.807) is 24.3 Å². The molecular weight excluding hydrogens is 460 g/mol. The maximum absolute atomic E-state index is 14.2. The quantitative estimate of drug-likeness (QED) is 0.355. The van der Waals surface area contributed by atoms with Crippen LogP contribution in [0.15, 0.2) is 48.5 Å². The zero-order chi connectivity index (χ0) is 24.2. The second kappa shape index (κ2) is 8.77. The Balaban J connectivity index is 1.16. The van der Waals surface area contributed by atoms with Crippen molar-refractivity contribution in [1.29, 1.82) is 0 Å². The number of nitrogens with zero attached hydrogens (tertiary/aromatic N) is 2. The molecule has 3 amide bonds. The average molecular weight is 491 g/mol. The molecule has 6 heteroatoms. The van der Waals surface area contributed by atoms with Gasteiger partial charge in [0.25, 0.3) is 11.8 Å². The SMILES string of the molecule is O=C1c2ccccc2C(=O)N1CCCCN(C(=O)C12CC3CC(CC(C3)C1)C2)c1ccc(Cl)cc1. The summed E-state index contributed by atoms with van der Waals surface area (Å²) in [7, 11) is 0. The van der Waals surface area contributed by atoms with E-state index in [1.165, 1.54) is 24.2 Å². The Hall–Kier alpha value is -2.66. The molecule has 1 aliphatic heterocycles. The molecule has 0 aromatic heterocycles. The fraction of sp³-hybridized carbons (Fsp3) is 0.483. The molecule has 2 aromatic carbocycles. The second-order valence-corrected chi connectivity index (χ2v) is 11.6. The van der Waals surface area contributed by atoms with Crippen LogP contribution in [0.2, 0.25) is 5.02 Å². The Kier molecular flexibility index (Phi) is 5.71. The van der Waals surface area contributed by atoms with Gasteiger partial charge in [-0.2, -0.15) is 0 Å². The summed E-state index contributed by atoms with van der Waals surface area (Å²) >= 11 is 6.14. The molecule has 5 aliphatic rings. The third kappa shape index (κ3) is 3.98. The standard InChI is InChI=1S/C29H31ClN2O3/c30-22-7-9-23(10-8-22)31(28(35)29-16-19-13-20(17-29)15-21(14-19)18-29)11-3-4-12-32-26(33)24-5-1-2-6-25(24)27(32)34/h1-2,5-10,19-21H,3-4,11-18H2. The number of amides is 3. The van der Waals surface area contributed by atoms with Crippen LogP contribution in [0.25, 0.3) is 0 Å². The van der Waals surface area contributed by atoms with E-state index >= 15 is 0 Å². The number of carbonyl (C=O) groups excluding carboxylic acids is 3. The Labute approximate surface area is 211 Å². The van der Waals surface area contributed by atoms with Gasteiger partial charge in [0.1, 0.15) is 0 Å². The van der Waals surface area contributed by atoms with Crippen molar-refractivity contribution in [2.24, 2.45) is 23.2 Å². The Morgan fingerprint density at radius 1 is 0.857 bits per heavy atom. The van der Waals surface area contributed by atoms with E-state index < -0.39 is 0 Å². The van der Waals surface area contributed by atoms with Crippen LogP contribution in [0.1, 0.15) is 72.1 Å². The number of anilines is 1. The number of halogens is 1. The van der Waals surface area contributed by atoms with Gasteiger partial charge < -0.3 is 4.90 Å². The summed E-state index contributed by atoms with van der Waals surface area (Å²) in [5.41, 5.74) is 1.63. The normalized spacial score (nSPS) is 28.5. The van der Waals surface area contributed by atoms with Gasteiger partial charge in [-0.25, -0.2) is 0 Å². The number of rotatable bonds is 7. The first-order valence-corrected chi connectivity index (χ1v) is 13.3. The van der Waals surface area contributed by atoms with Crippen LogP contribution in [-0.4, -0.2) is 35.7 Å². The van der Waals surface area contributed by atoms with Crippen molar-refractivity contribution in [2.45, 2.75) is 51.4 Å². The van der Waals surface area contributed by atoms with Crippen molar-refractivity contribution >= 4 is 35.0 Å². The van der Waals surface area contributed by atoms with E-state index in [-0.39, 0.29) is 23.1 Å². The molecule has 2 aromatic rings. The predicted molar refractivity (Wildman–Crippen MR) is 135 cm³/mol. The van der Waals surface area contributed by atoms with E-state index in [1.807, 2.05) is 29.2 Å².